The molecule has 2 aromatic carbocycles. The molecule has 3 rings (SSSR count). The van der Waals surface area contributed by atoms with E-state index in [9.17, 15) is 13.2 Å². The molecule has 1 amide bonds. The number of primary sulfonamides is 1. The number of hydrazone groups is 1. The first kappa shape index (κ1) is 17.8. The van der Waals surface area contributed by atoms with Gasteiger partial charge >= 0.3 is 0 Å². The van der Waals surface area contributed by atoms with Crippen molar-refractivity contribution in [2.24, 2.45) is 10.2 Å². The van der Waals surface area contributed by atoms with E-state index in [2.05, 4.69) is 5.10 Å². The average molecular weight is 371 g/mol. The molecule has 0 saturated heterocycles. The van der Waals surface area contributed by atoms with Crippen LogP contribution < -0.4 is 14.9 Å². The second-order valence-corrected chi connectivity index (χ2v) is 7.24. The summed E-state index contributed by atoms with van der Waals surface area (Å²) in [6, 6.07) is 13.0. The Morgan fingerprint density at radius 3 is 2.46 bits per heavy atom. The molecular weight excluding hydrogens is 354 g/mol. The van der Waals surface area contributed by atoms with Gasteiger partial charge < -0.3 is 4.74 Å². The SMILES string of the molecule is COc1cccc(/C=C2\C(=O)N(c3ccc(S(N)(=O)=O)cc3)N=C2C)c1. The number of hydrogen-bond donors (Lipinski definition) is 1. The summed E-state index contributed by atoms with van der Waals surface area (Å²) < 4.78 is 27.9. The van der Waals surface area contributed by atoms with E-state index in [1.807, 2.05) is 24.3 Å². The van der Waals surface area contributed by atoms with Crippen LogP contribution in [0, 0.1) is 0 Å². The lowest BCUT2D eigenvalue weighted by Crippen LogP contribution is -2.21. The van der Waals surface area contributed by atoms with Gasteiger partial charge in [-0.1, -0.05) is 12.1 Å². The maximum Gasteiger partial charge on any atom is 0.280 e. The largest absolute Gasteiger partial charge is 0.497 e. The number of hydrogen-bond acceptors (Lipinski definition) is 5. The quantitative estimate of drug-likeness (QED) is 0.832. The van der Waals surface area contributed by atoms with Crippen LogP contribution >= 0.6 is 0 Å². The lowest BCUT2D eigenvalue weighted by molar-refractivity contribution is -0.114. The van der Waals surface area contributed by atoms with Gasteiger partial charge in [-0.2, -0.15) is 10.1 Å². The molecule has 2 N–H and O–H groups in total. The predicted octanol–water partition coefficient (Wildman–Crippen LogP) is 2.15. The molecule has 0 radical (unpaired) electrons. The summed E-state index contributed by atoms with van der Waals surface area (Å²) >= 11 is 0. The van der Waals surface area contributed by atoms with Crippen molar-refractivity contribution in [3.8, 4) is 5.75 Å². The maximum atomic E-state index is 12.7. The van der Waals surface area contributed by atoms with Crippen LogP contribution in [0.3, 0.4) is 0 Å². The van der Waals surface area contributed by atoms with Gasteiger partial charge in [-0.3, -0.25) is 4.79 Å². The first-order valence-corrected chi connectivity index (χ1v) is 9.23. The van der Waals surface area contributed by atoms with Crippen LogP contribution in [-0.4, -0.2) is 27.1 Å². The second kappa shape index (κ2) is 6.74. The summed E-state index contributed by atoms with van der Waals surface area (Å²) in [6.45, 7) is 1.74. The van der Waals surface area contributed by atoms with Crippen LogP contribution in [-0.2, 0) is 14.8 Å². The fourth-order valence-electron chi connectivity index (χ4n) is 2.53. The molecule has 0 aliphatic carbocycles. The van der Waals surface area contributed by atoms with Gasteiger partial charge in [0.25, 0.3) is 5.91 Å². The highest BCUT2D eigenvalue weighted by Crippen LogP contribution is 2.26. The highest BCUT2D eigenvalue weighted by Gasteiger charge is 2.28. The van der Waals surface area contributed by atoms with E-state index in [1.54, 1.807) is 20.1 Å². The molecule has 0 fully saturated rings. The second-order valence-electron chi connectivity index (χ2n) is 5.68. The van der Waals surface area contributed by atoms with Crippen molar-refractivity contribution in [3.05, 3.63) is 59.7 Å². The molecular formula is C18H17N3O4S. The van der Waals surface area contributed by atoms with Gasteiger partial charge in [-0.15, -0.1) is 0 Å². The number of sulfonamides is 1. The van der Waals surface area contributed by atoms with E-state index >= 15 is 0 Å². The molecule has 1 heterocycles. The van der Waals surface area contributed by atoms with Crippen LogP contribution in [0.5, 0.6) is 5.75 Å². The number of benzene rings is 2. The fraction of sp³-hybridized carbons (Fsp3) is 0.111. The lowest BCUT2D eigenvalue weighted by atomic mass is 10.1. The molecule has 0 aromatic heterocycles. The number of anilines is 1. The summed E-state index contributed by atoms with van der Waals surface area (Å²) in [5.74, 6) is 0.392. The lowest BCUT2D eigenvalue weighted by Gasteiger charge is -2.12. The molecule has 134 valence electrons. The van der Waals surface area contributed by atoms with E-state index in [0.29, 0.717) is 22.7 Å². The minimum Gasteiger partial charge on any atom is -0.497 e. The molecule has 7 nitrogen and oxygen atoms in total. The van der Waals surface area contributed by atoms with Gasteiger partial charge in [-0.25, -0.2) is 13.6 Å². The third-order valence-corrected chi connectivity index (χ3v) is 4.81. The summed E-state index contributed by atoms with van der Waals surface area (Å²) in [5, 5.41) is 10.6. The third kappa shape index (κ3) is 3.51. The molecule has 26 heavy (non-hydrogen) atoms. The van der Waals surface area contributed by atoms with Crippen molar-refractivity contribution >= 4 is 33.4 Å². The van der Waals surface area contributed by atoms with E-state index in [0.717, 1.165) is 5.56 Å². The molecule has 0 bridgehead atoms. The molecule has 2 aromatic rings. The topological polar surface area (TPSA) is 102 Å². The zero-order chi connectivity index (χ0) is 18.9. The van der Waals surface area contributed by atoms with Gasteiger partial charge in [0.2, 0.25) is 10.0 Å². The van der Waals surface area contributed by atoms with Gasteiger partial charge in [0, 0.05) is 0 Å². The monoisotopic (exact) mass is 371 g/mol. The molecule has 0 atom stereocenters. The van der Waals surface area contributed by atoms with Crippen molar-refractivity contribution in [3.63, 3.8) is 0 Å². The van der Waals surface area contributed by atoms with E-state index < -0.39 is 10.0 Å². The number of carbonyl (C=O) groups excluding carboxylic acids is 1. The third-order valence-electron chi connectivity index (χ3n) is 3.88. The smallest absolute Gasteiger partial charge is 0.280 e. The summed E-state index contributed by atoms with van der Waals surface area (Å²) in [4.78, 5) is 12.7. The van der Waals surface area contributed by atoms with Crippen LogP contribution in [0.25, 0.3) is 6.08 Å². The summed E-state index contributed by atoms with van der Waals surface area (Å²) in [5.41, 5.74) is 2.28. The number of carbonyl (C=O) groups is 1. The first-order chi connectivity index (χ1) is 12.3. The highest BCUT2D eigenvalue weighted by molar-refractivity contribution is 7.89. The number of ether oxygens (including phenoxy) is 1. The normalized spacial score (nSPS) is 16.1. The Morgan fingerprint density at radius 1 is 1.15 bits per heavy atom. The van der Waals surface area contributed by atoms with Crippen LogP contribution in [0.15, 0.2) is 64.1 Å². The van der Waals surface area contributed by atoms with Crippen molar-refractivity contribution in [1.29, 1.82) is 0 Å². The van der Waals surface area contributed by atoms with Crippen molar-refractivity contribution in [2.75, 3.05) is 12.1 Å². The van der Waals surface area contributed by atoms with E-state index in [-0.39, 0.29) is 10.8 Å². The number of nitrogens with zero attached hydrogens (tertiary/aromatic N) is 2. The zero-order valence-electron chi connectivity index (χ0n) is 14.2. The van der Waals surface area contributed by atoms with Crippen molar-refractivity contribution < 1.29 is 17.9 Å². The number of methoxy groups -OCH3 is 1. The molecule has 0 saturated carbocycles. The fourth-order valence-corrected chi connectivity index (χ4v) is 3.05. The van der Waals surface area contributed by atoms with Gasteiger partial charge in [0.1, 0.15) is 5.75 Å². The first-order valence-electron chi connectivity index (χ1n) is 7.68. The molecule has 8 heteroatoms. The predicted molar refractivity (Wildman–Crippen MR) is 99.4 cm³/mol. The number of amides is 1. The minimum atomic E-state index is -3.79. The van der Waals surface area contributed by atoms with E-state index in [1.165, 1.54) is 29.3 Å². The van der Waals surface area contributed by atoms with Crippen molar-refractivity contribution in [2.45, 2.75) is 11.8 Å². The summed E-state index contributed by atoms with van der Waals surface area (Å²) in [7, 11) is -2.21. The van der Waals surface area contributed by atoms with Crippen molar-refractivity contribution in [1.82, 2.24) is 0 Å². The zero-order valence-corrected chi connectivity index (χ0v) is 15.0. The summed E-state index contributed by atoms with van der Waals surface area (Å²) in [6.07, 6.45) is 1.74. The Hall–Kier alpha value is -2.97. The maximum absolute atomic E-state index is 12.7. The Balaban J connectivity index is 1.91. The van der Waals surface area contributed by atoms with Crippen LogP contribution in [0.4, 0.5) is 5.69 Å². The Kier molecular flexibility index (Phi) is 4.62. The van der Waals surface area contributed by atoms with E-state index in [4.69, 9.17) is 9.88 Å². The molecule has 1 aliphatic rings. The van der Waals surface area contributed by atoms with Gasteiger partial charge in [-0.05, 0) is 55.0 Å². The molecule has 0 unspecified atom stereocenters. The highest BCUT2D eigenvalue weighted by atomic mass is 32.2. The van der Waals surface area contributed by atoms with Crippen LogP contribution in [0.2, 0.25) is 0 Å². The standard InChI is InChI=1S/C18H17N3O4S/c1-12-17(11-13-4-3-5-15(10-13)25-2)18(22)21(20-12)14-6-8-16(9-7-14)26(19,23)24/h3-11H,1-2H3,(H2,19,23,24)/b17-11-. The van der Waals surface area contributed by atoms with Gasteiger partial charge in [0.15, 0.2) is 0 Å². The number of nitrogens with two attached hydrogens (primary N) is 1. The minimum absolute atomic E-state index is 0.0271. The molecule has 1 aliphatic heterocycles. The Bertz CT molecular complexity index is 1020. The Labute approximate surface area is 151 Å². The Morgan fingerprint density at radius 2 is 1.85 bits per heavy atom. The van der Waals surface area contributed by atoms with Gasteiger partial charge in [0.05, 0.1) is 29.0 Å². The van der Waals surface area contributed by atoms with Crippen LogP contribution in [0.1, 0.15) is 12.5 Å². The average Bonchev–Trinajstić information content (AvgIpc) is 2.89. The molecule has 0 spiro atoms. The number of rotatable bonds is 4.